The Morgan fingerprint density at radius 1 is 1.18 bits per heavy atom. The number of benzene rings is 2. The second-order valence-corrected chi connectivity index (χ2v) is 8.77. The lowest BCUT2D eigenvalue weighted by Gasteiger charge is -2.31. The molecule has 1 unspecified atom stereocenters. The first-order valence-electron chi connectivity index (χ1n) is 11.6. The number of nitrogens with zero attached hydrogens (tertiary/aromatic N) is 3. The Labute approximate surface area is 195 Å². The summed E-state index contributed by atoms with van der Waals surface area (Å²) in [6, 6.07) is 15.8. The summed E-state index contributed by atoms with van der Waals surface area (Å²) >= 11 is 0. The van der Waals surface area contributed by atoms with Crippen LogP contribution in [0.4, 0.5) is 0 Å². The standard InChI is InChI=1S/C26H32N4O3/c1-19-6-5-15-30(17-19)18-22-8-4-3-7-21(22)16-27-24(31)13-14-25-28-26(29-33-25)20-9-11-23(32-2)12-10-20/h3-4,7-12,19H,5-6,13-18H2,1-2H3,(H,27,31). The molecule has 3 aromatic rings. The van der Waals surface area contributed by atoms with E-state index < -0.39 is 0 Å². The van der Waals surface area contributed by atoms with Crippen molar-refractivity contribution in [3.8, 4) is 17.1 Å². The first-order valence-corrected chi connectivity index (χ1v) is 11.6. The molecule has 7 nitrogen and oxygen atoms in total. The minimum Gasteiger partial charge on any atom is -0.497 e. The number of aryl methyl sites for hydroxylation is 1. The van der Waals surface area contributed by atoms with Gasteiger partial charge in [-0.05, 0) is 60.7 Å². The summed E-state index contributed by atoms with van der Waals surface area (Å²) < 4.78 is 10.5. The molecule has 1 amide bonds. The molecule has 1 aromatic heterocycles. The second-order valence-electron chi connectivity index (χ2n) is 8.77. The Balaban J connectivity index is 1.27. The van der Waals surface area contributed by atoms with E-state index in [1.165, 1.54) is 24.0 Å². The van der Waals surface area contributed by atoms with Crippen molar-refractivity contribution < 1.29 is 14.1 Å². The fourth-order valence-corrected chi connectivity index (χ4v) is 4.27. The van der Waals surface area contributed by atoms with Crippen LogP contribution in [-0.2, 0) is 24.3 Å². The second kappa shape index (κ2) is 11.1. The maximum absolute atomic E-state index is 12.5. The van der Waals surface area contributed by atoms with Gasteiger partial charge in [-0.25, -0.2) is 0 Å². The zero-order chi connectivity index (χ0) is 23.0. The van der Waals surface area contributed by atoms with E-state index in [0.717, 1.165) is 36.9 Å². The lowest BCUT2D eigenvalue weighted by molar-refractivity contribution is -0.121. The smallest absolute Gasteiger partial charge is 0.227 e. The average molecular weight is 449 g/mol. The molecule has 0 radical (unpaired) electrons. The van der Waals surface area contributed by atoms with Gasteiger partial charge in [-0.15, -0.1) is 0 Å². The van der Waals surface area contributed by atoms with Crippen molar-refractivity contribution in [1.29, 1.82) is 0 Å². The van der Waals surface area contributed by atoms with Crippen LogP contribution in [0.15, 0.2) is 53.1 Å². The van der Waals surface area contributed by atoms with Gasteiger partial charge in [0.1, 0.15) is 5.75 Å². The first kappa shape index (κ1) is 23.0. The maximum atomic E-state index is 12.5. The molecule has 1 fully saturated rings. The Kier molecular flexibility index (Phi) is 7.73. The maximum Gasteiger partial charge on any atom is 0.227 e. The summed E-state index contributed by atoms with van der Waals surface area (Å²) in [6.07, 6.45) is 3.28. The zero-order valence-corrected chi connectivity index (χ0v) is 19.4. The van der Waals surface area contributed by atoms with E-state index >= 15 is 0 Å². The van der Waals surface area contributed by atoms with Gasteiger partial charge in [-0.3, -0.25) is 9.69 Å². The van der Waals surface area contributed by atoms with E-state index in [9.17, 15) is 4.79 Å². The van der Waals surface area contributed by atoms with E-state index in [4.69, 9.17) is 9.26 Å². The number of hydrogen-bond acceptors (Lipinski definition) is 6. The van der Waals surface area contributed by atoms with E-state index in [1.807, 2.05) is 30.3 Å². The SMILES string of the molecule is COc1ccc(-c2noc(CCC(=O)NCc3ccccc3CN3CCCC(C)C3)n2)cc1. The number of carbonyl (C=O) groups is 1. The van der Waals surface area contributed by atoms with Gasteiger partial charge in [0.05, 0.1) is 7.11 Å². The van der Waals surface area contributed by atoms with E-state index in [1.54, 1.807) is 7.11 Å². The summed E-state index contributed by atoms with van der Waals surface area (Å²) in [5.74, 6) is 2.46. The Hall–Kier alpha value is -3.19. The molecular weight excluding hydrogens is 416 g/mol. The number of methoxy groups -OCH3 is 1. The van der Waals surface area contributed by atoms with Crippen molar-refractivity contribution in [1.82, 2.24) is 20.4 Å². The van der Waals surface area contributed by atoms with Gasteiger partial charge < -0.3 is 14.6 Å². The molecule has 0 spiro atoms. The largest absolute Gasteiger partial charge is 0.497 e. The van der Waals surface area contributed by atoms with Crippen LogP contribution >= 0.6 is 0 Å². The number of hydrogen-bond donors (Lipinski definition) is 1. The van der Waals surface area contributed by atoms with E-state index in [2.05, 4.69) is 45.5 Å². The lowest BCUT2D eigenvalue weighted by atomic mass is 9.99. The molecule has 4 rings (SSSR count). The van der Waals surface area contributed by atoms with Gasteiger partial charge in [0.15, 0.2) is 0 Å². The molecule has 0 bridgehead atoms. The third kappa shape index (κ3) is 6.42. The molecule has 0 aliphatic carbocycles. The molecular formula is C26H32N4O3. The highest BCUT2D eigenvalue weighted by molar-refractivity contribution is 5.76. The molecule has 0 saturated carbocycles. The lowest BCUT2D eigenvalue weighted by Crippen LogP contribution is -2.34. The normalized spacial score (nSPS) is 16.5. The van der Waals surface area contributed by atoms with Crippen LogP contribution in [0, 0.1) is 5.92 Å². The predicted molar refractivity (Wildman–Crippen MR) is 127 cm³/mol. The molecule has 1 aliphatic rings. The van der Waals surface area contributed by atoms with Crippen molar-refractivity contribution in [2.24, 2.45) is 5.92 Å². The van der Waals surface area contributed by atoms with Crippen molar-refractivity contribution in [2.75, 3.05) is 20.2 Å². The van der Waals surface area contributed by atoms with Crippen LogP contribution in [0.25, 0.3) is 11.4 Å². The van der Waals surface area contributed by atoms with Gasteiger partial charge in [0.25, 0.3) is 0 Å². The Bertz CT molecular complexity index is 1050. The molecule has 1 atom stereocenters. The fourth-order valence-electron chi connectivity index (χ4n) is 4.27. The third-order valence-electron chi connectivity index (χ3n) is 6.11. The van der Waals surface area contributed by atoms with Gasteiger partial charge >= 0.3 is 0 Å². The molecule has 7 heteroatoms. The Morgan fingerprint density at radius 3 is 2.73 bits per heavy atom. The van der Waals surface area contributed by atoms with Crippen LogP contribution in [-0.4, -0.2) is 41.1 Å². The van der Waals surface area contributed by atoms with Gasteiger partial charge in [-0.2, -0.15) is 4.98 Å². The van der Waals surface area contributed by atoms with Crippen LogP contribution < -0.4 is 10.1 Å². The molecule has 2 aromatic carbocycles. The monoisotopic (exact) mass is 448 g/mol. The highest BCUT2D eigenvalue weighted by Crippen LogP contribution is 2.21. The van der Waals surface area contributed by atoms with E-state index in [-0.39, 0.29) is 5.91 Å². The topological polar surface area (TPSA) is 80.5 Å². The van der Waals surface area contributed by atoms with E-state index in [0.29, 0.717) is 31.1 Å². The number of amides is 1. The van der Waals surface area contributed by atoms with Gasteiger partial charge in [0.2, 0.25) is 17.6 Å². The molecule has 1 N–H and O–H groups in total. The Morgan fingerprint density at radius 2 is 1.97 bits per heavy atom. The van der Waals surface area contributed by atoms with Gasteiger partial charge in [-0.1, -0.05) is 36.3 Å². The van der Waals surface area contributed by atoms with Gasteiger partial charge in [0, 0.05) is 38.0 Å². The quantitative estimate of drug-likeness (QED) is 0.528. The summed E-state index contributed by atoms with van der Waals surface area (Å²) in [7, 11) is 1.63. The number of piperidine rings is 1. The predicted octanol–water partition coefficient (Wildman–Crippen LogP) is 4.23. The summed E-state index contributed by atoms with van der Waals surface area (Å²) in [6.45, 7) is 6.07. The fraction of sp³-hybridized carbons (Fsp3) is 0.423. The number of rotatable bonds is 9. The van der Waals surface area contributed by atoms with Crippen LogP contribution in [0.2, 0.25) is 0 Å². The highest BCUT2D eigenvalue weighted by atomic mass is 16.5. The van der Waals surface area contributed by atoms with Crippen molar-refractivity contribution in [2.45, 2.75) is 45.7 Å². The van der Waals surface area contributed by atoms with Crippen molar-refractivity contribution in [3.05, 3.63) is 65.5 Å². The van der Waals surface area contributed by atoms with Crippen LogP contribution in [0.1, 0.15) is 43.2 Å². The van der Waals surface area contributed by atoms with Crippen molar-refractivity contribution >= 4 is 5.91 Å². The first-order chi connectivity index (χ1) is 16.1. The molecule has 1 saturated heterocycles. The molecule has 33 heavy (non-hydrogen) atoms. The summed E-state index contributed by atoms with van der Waals surface area (Å²) in [5.41, 5.74) is 3.30. The highest BCUT2D eigenvalue weighted by Gasteiger charge is 2.17. The van der Waals surface area contributed by atoms with Crippen LogP contribution in [0.3, 0.4) is 0 Å². The molecule has 2 heterocycles. The molecule has 1 aliphatic heterocycles. The minimum absolute atomic E-state index is 0.0272. The summed E-state index contributed by atoms with van der Waals surface area (Å²) in [5, 5.41) is 7.07. The minimum atomic E-state index is -0.0272. The van der Waals surface area contributed by atoms with Crippen LogP contribution in [0.5, 0.6) is 5.75 Å². The number of carbonyl (C=O) groups excluding carboxylic acids is 1. The van der Waals surface area contributed by atoms with Crippen molar-refractivity contribution in [3.63, 3.8) is 0 Å². The number of likely N-dealkylation sites (tertiary alicyclic amines) is 1. The number of aromatic nitrogens is 2. The zero-order valence-electron chi connectivity index (χ0n) is 19.4. The number of ether oxygens (including phenoxy) is 1. The average Bonchev–Trinajstić information content (AvgIpc) is 3.31. The third-order valence-corrected chi connectivity index (χ3v) is 6.11. The summed E-state index contributed by atoms with van der Waals surface area (Å²) in [4.78, 5) is 19.4. The molecule has 174 valence electrons. The number of nitrogens with one attached hydrogen (secondary N) is 1.